The molecule has 0 radical (unpaired) electrons. The van der Waals surface area contributed by atoms with E-state index in [0.29, 0.717) is 31.5 Å². The van der Waals surface area contributed by atoms with E-state index in [9.17, 15) is 14.7 Å². The van der Waals surface area contributed by atoms with Crippen molar-refractivity contribution in [1.82, 2.24) is 0 Å². The largest absolute Gasteiger partial charge is 0.480 e. The van der Waals surface area contributed by atoms with Gasteiger partial charge in [-0.2, -0.15) is 0 Å². The lowest BCUT2D eigenvalue weighted by Gasteiger charge is -2.31. The number of benzene rings is 3. The van der Waals surface area contributed by atoms with Crippen molar-refractivity contribution in [2.75, 3.05) is 22.9 Å². The van der Waals surface area contributed by atoms with Crippen LogP contribution in [0.25, 0.3) is 0 Å². The van der Waals surface area contributed by atoms with Crippen LogP contribution in [0.1, 0.15) is 35.1 Å². The lowest BCUT2D eigenvalue weighted by atomic mass is 9.99. The quantitative estimate of drug-likeness (QED) is 0.294. The van der Waals surface area contributed by atoms with E-state index >= 15 is 0 Å². The number of nitrogens with two attached hydrogens (primary N) is 1. The van der Waals surface area contributed by atoms with E-state index in [2.05, 4.69) is 0 Å². The molecule has 0 fully saturated rings. The summed E-state index contributed by atoms with van der Waals surface area (Å²) in [4.78, 5) is 28.3. The van der Waals surface area contributed by atoms with Crippen LogP contribution in [-0.4, -0.2) is 35.9 Å². The molecular formula is C28H31ClN4O3. The maximum absolute atomic E-state index is 13.1. The number of hydrogen-bond acceptors (Lipinski definition) is 4. The van der Waals surface area contributed by atoms with Crippen molar-refractivity contribution in [3.63, 3.8) is 0 Å². The number of anilines is 2. The highest BCUT2D eigenvalue weighted by molar-refractivity contribution is 5.96. The van der Waals surface area contributed by atoms with Gasteiger partial charge < -0.3 is 20.6 Å². The normalized spacial score (nSPS) is 12.3. The van der Waals surface area contributed by atoms with Gasteiger partial charge in [-0.15, -0.1) is 12.4 Å². The van der Waals surface area contributed by atoms with Crippen molar-refractivity contribution in [3.05, 3.63) is 95.1 Å². The number of amidine groups is 1. The van der Waals surface area contributed by atoms with E-state index in [0.717, 1.165) is 40.9 Å². The summed E-state index contributed by atoms with van der Waals surface area (Å²) in [5.74, 6) is -0.782. The highest BCUT2D eigenvalue weighted by Gasteiger charge is 2.23. The predicted molar refractivity (Wildman–Crippen MR) is 145 cm³/mol. The molecule has 3 aromatic carbocycles. The number of rotatable bonds is 9. The van der Waals surface area contributed by atoms with Gasteiger partial charge in [0.25, 0.3) is 0 Å². The Balaban J connectivity index is 0.00000361. The van der Waals surface area contributed by atoms with Crippen LogP contribution in [0, 0.1) is 5.41 Å². The highest BCUT2D eigenvalue weighted by Crippen LogP contribution is 2.32. The van der Waals surface area contributed by atoms with Crippen LogP contribution >= 0.6 is 12.4 Å². The van der Waals surface area contributed by atoms with Gasteiger partial charge in [-0.05, 0) is 54.2 Å². The third-order valence-corrected chi connectivity index (χ3v) is 6.28. The molecule has 7 nitrogen and oxygen atoms in total. The van der Waals surface area contributed by atoms with Crippen LogP contribution in [-0.2, 0) is 29.0 Å². The van der Waals surface area contributed by atoms with Crippen molar-refractivity contribution in [3.8, 4) is 0 Å². The van der Waals surface area contributed by atoms with E-state index in [1.165, 1.54) is 0 Å². The van der Waals surface area contributed by atoms with E-state index in [1.54, 1.807) is 12.1 Å². The van der Waals surface area contributed by atoms with E-state index in [4.69, 9.17) is 11.1 Å². The molecule has 0 saturated heterocycles. The number of aliphatic carboxylic acids is 1. The average molecular weight is 507 g/mol. The molecule has 188 valence electrons. The topological polar surface area (TPSA) is 111 Å². The van der Waals surface area contributed by atoms with Gasteiger partial charge in [-0.25, -0.2) is 0 Å². The van der Waals surface area contributed by atoms with Crippen molar-refractivity contribution in [1.29, 1.82) is 5.41 Å². The number of carbonyl (C=O) groups excluding carboxylic acids is 1. The van der Waals surface area contributed by atoms with E-state index < -0.39 is 5.97 Å². The fourth-order valence-corrected chi connectivity index (χ4v) is 4.48. The molecule has 8 heteroatoms. The number of amides is 1. The van der Waals surface area contributed by atoms with Gasteiger partial charge in [0.05, 0.1) is 0 Å². The monoisotopic (exact) mass is 506 g/mol. The van der Waals surface area contributed by atoms with Crippen LogP contribution in [0.2, 0.25) is 0 Å². The summed E-state index contributed by atoms with van der Waals surface area (Å²) < 4.78 is 0. The summed E-state index contributed by atoms with van der Waals surface area (Å²) in [5.41, 5.74) is 11.1. The average Bonchev–Trinajstić information content (AvgIpc) is 2.86. The molecule has 4 N–H and O–H groups in total. The molecule has 0 bridgehead atoms. The van der Waals surface area contributed by atoms with Gasteiger partial charge in [-0.1, -0.05) is 54.6 Å². The van der Waals surface area contributed by atoms with Gasteiger partial charge >= 0.3 is 5.97 Å². The minimum atomic E-state index is -0.883. The zero-order valence-electron chi connectivity index (χ0n) is 20.0. The Morgan fingerprint density at radius 1 is 1.00 bits per heavy atom. The Hall–Kier alpha value is -3.84. The summed E-state index contributed by atoms with van der Waals surface area (Å²) in [6.45, 7) is 1.08. The fraction of sp³-hybridized carbons (Fsp3) is 0.250. The molecule has 0 aliphatic carbocycles. The van der Waals surface area contributed by atoms with Crippen LogP contribution in [0.15, 0.2) is 72.8 Å². The molecule has 1 heterocycles. The lowest BCUT2D eigenvalue weighted by Crippen LogP contribution is -2.36. The minimum Gasteiger partial charge on any atom is -0.480 e. The number of halogens is 1. The lowest BCUT2D eigenvalue weighted by molar-refractivity contribution is -0.135. The Kier molecular flexibility index (Phi) is 9.08. The number of nitrogens with zero attached hydrogens (tertiary/aromatic N) is 2. The number of nitrogens with one attached hydrogen (secondary N) is 1. The third-order valence-electron chi connectivity index (χ3n) is 6.28. The highest BCUT2D eigenvalue weighted by atomic mass is 35.5. The molecule has 3 aromatic rings. The third kappa shape index (κ3) is 6.64. The van der Waals surface area contributed by atoms with Gasteiger partial charge in [0.15, 0.2) is 0 Å². The Labute approximate surface area is 217 Å². The predicted octanol–water partition coefficient (Wildman–Crippen LogP) is 4.40. The smallest absolute Gasteiger partial charge is 0.323 e. The second-order valence-electron chi connectivity index (χ2n) is 8.81. The number of aryl methyl sites for hydroxylation is 2. The van der Waals surface area contributed by atoms with Crippen LogP contribution < -0.4 is 15.5 Å². The molecule has 0 aromatic heterocycles. The first-order valence-electron chi connectivity index (χ1n) is 11.8. The molecule has 0 saturated carbocycles. The summed E-state index contributed by atoms with van der Waals surface area (Å²) >= 11 is 0. The summed E-state index contributed by atoms with van der Waals surface area (Å²) in [6, 6.07) is 23.1. The van der Waals surface area contributed by atoms with E-state index in [-0.39, 0.29) is 30.7 Å². The zero-order chi connectivity index (χ0) is 24.8. The second-order valence-corrected chi connectivity index (χ2v) is 8.81. The summed E-state index contributed by atoms with van der Waals surface area (Å²) in [6.07, 6.45) is 2.73. The molecule has 1 aliphatic rings. The molecule has 36 heavy (non-hydrogen) atoms. The maximum Gasteiger partial charge on any atom is 0.323 e. The van der Waals surface area contributed by atoms with Crippen molar-refractivity contribution in [2.45, 2.75) is 32.2 Å². The summed E-state index contributed by atoms with van der Waals surface area (Å²) in [5, 5.41) is 17.0. The molecule has 1 amide bonds. The van der Waals surface area contributed by atoms with Crippen molar-refractivity contribution < 1.29 is 14.7 Å². The molecule has 0 unspecified atom stereocenters. The standard InChI is InChI=1S/C28H30N4O3.ClH/c29-28(30)22-11-8-20(9-12-22)10-15-26(33)32-16-4-7-23-17-24(13-14-25(23)32)31(19-27(34)35)18-21-5-2-1-3-6-21;/h1-3,5-6,8-9,11-14,17H,4,7,10,15-16,18-19H2,(H3,29,30)(H,34,35);1H. The fourth-order valence-electron chi connectivity index (χ4n) is 4.48. The first kappa shape index (κ1) is 26.8. The molecule has 1 aliphatic heterocycles. The number of carbonyl (C=O) groups is 2. The minimum absolute atomic E-state index is 0. The SMILES string of the molecule is Cl.N=C(N)c1ccc(CCC(=O)N2CCCc3cc(N(CC(=O)O)Cc4ccccc4)ccc32)cc1. The second kappa shape index (κ2) is 12.2. The Bertz CT molecular complexity index is 1220. The first-order valence-corrected chi connectivity index (χ1v) is 11.8. The number of carboxylic acids is 1. The Morgan fingerprint density at radius 2 is 1.72 bits per heavy atom. The number of fused-ring (bicyclic) bond motifs is 1. The number of hydrogen-bond donors (Lipinski definition) is 3. The first-order chi connectivity index (χ1) is 16.9. The van der Waals surface area contributed by atoms with Gasteiger partial charge in [-0.3, -0.25) is 15.0 Å². The number of nitrogen functional groups attached to an aromatic ring is 1. The summed E-state index contributed by atoms with van der Waals surface area (Å²) in [7, 11) is 0. The number of carboxylic acid groups (broad SMARTS) is 1. The molecule has 4 rings (SSSR count). The Morgan fingerprint density at radius 3 is 2.39 bits per heavy atom. The van der Waals surface area contributed by atoms with Crippen LogP contribution in [0.4, 0.5) is 11.4 Å². The van der Waals surface area contributed by atoms with Crippen LogP contribution in [0.3, 0.4) is 0 Å². The molecular weight excluding hydrogens is 476 g/mol. The van der Waals surface area contributed by atoms with Gasteiger partial charge in [0, 0.05) is 36.4 Å². The van der Waals surface area contributed by atoms with Crippen molar-refractivity contribution >= 4 is 41.5 Å². The van der Waals surface area contributed by atoms with Crippen molar-refractivity contribution in [2.24, 2.45) is 5.73 Å². The van der Waals surface area contributed by atoms with Gasteiger partial charge in [0.2, 0.25) is 5.91 Å². The maximum atomic E-state index is 13.1. The van der Waals surface area contributed by atoms with Crippen LogP contribution in [0.5, 0.6) is 0 Å². The molecule has 0 spiro atoms. The van der Waals surface area contributed by atoms with E-state index in [1.807, 2.05) is 70.5 Å². The molecule has 0 atom stereocenters. The zero-order valence-corrected chi connectivity index (χ0v) is 20.8. The van der Waals surface area contributed by atoms with Gasteiger partial charge in [0.1, 0.15) is 12.4 Å².